The van der Waals surface area contributed by atoms with E-state index in [0.717, 1.165) is 37.7 Å². The van der Waals surface area contributed by atoms with E-state index < -0.39 is 35.6 Å². The number of aromatic hydroxyl groups is 1. The summed E-state index contributed by atoms with van der Waals surface area (Å²) in [5, 5.41) is 16.6. The number of rotatable bonds is 15. The van der Waals surface area contributed by atoms with Gasteiger partial charge in [-0.3, -0.25) is 9.59 Å². The summed E-state index contributed by atoms with van der Waals surface area (Å²) in [6.45, 7) is 9.64. The van der Waals surface area contributed by atoms with Crippen LogP contribution in [0.15, 0.2) is 48.5 Å². The number of ether oxygens (including phenoxy) is 1. The van der Waals surface area contributed by atoms with Crippen molar-refractivity contribution in [1.29, 1.82) is 0 Å². The van der Waals surface area contributed by atoms with Gasteiger partial charge in [0.25, 0.3) is 0 Å². The average Bonchev–Trinajstić information content (AvgIpc) is 2.93. The Morgan fingerprint density at radius 3 is 2.27 bits per heavy atom. The fourth-order valence-corrected chi connectivity index (χ4v) is 4.75. The zero-order valence-corrected chi connectivity index (χ0v) is 26.0. The Bertz CT molecular complexity index is 1120. The van der Waals surface area contributed by atoms with Crippen LogP contribution >= 0.6 is 12.6 Å². The molecule has 0 aliphatic rings. The van der Waals surface area contributed by atoms with E-state index in [0.29, 0.717) is 17.5 Å². The standard InChI is InChI=1S/C32H47N3O5S/c1-6-7-8-9-10-14-20-35(30(38)26(22-41)34-31(39)40-32(3,4)5)27(25-19-15-16-23(2)28(25)36)29(37)33-21-24-17-12-11-13-18-24/h11-13,15-19,26-27,36,41H,6-10,14,20-22H2,1-5H3,(H,33,37)(H,34,39). The van der Waals surface area contributed by atoms with Gasteiger partial charge in [-0.05, 0) is 45.2 Å². The van der Waals surface area contributed by atoms with Gasteiger partial charge in [0.15, 0.2) is 0 Å². The number of thiol groups is 1. The number of hydrogen-bond acceptors (Lipinski definition) is 6. The number of carbonyl (C=O) groups is 3. The first kappa shape index (κ1) is 34.0. The number of nitrogens with one attached hydrogen (secondary N) is 2. The van der Waals surface area contributed by atoms with Gasteiger partial charge >= 0.3 is 6.09 Å². The smallest absolute Gasteiger partial charge is 0.408 e. The van der Waals surface area contributed by atoms with Crippen molar-refractivity contribution in [1.82, 2.24) is 15.5 Å². The van der Waals surface area contributed by atoms with E-state index in [1.54, 1.807) is 45.9 Å². The lowest BCUT2D eigenvalue weighted by atomic mass is 9.98. The van der Waals surface area contributed by atoms with E-state index in [1.165, 1.54) is 4.90 Å². The van der Waals surface area contributed by atoms with E-state index in [-0.39, 0.29) is 24.6 Å². The highest BCUT2D eigenvalue weighted by Crippen LogP contribution is 2.32. The second-order valence-electron chi connectivity index (χ2n) is 11.3. The van der Waals surface area contributed by atoms with E-state index in [4.69, 9.17) is 4.74 Å². The third kappa shape index (κ3) is 11.3. The third-order valence-electron chi connectivity index (χ3n) is 6.64. The molecule has 0 bridgehead atoms. The van der Waals surface area contributed by atoms with Gasteiger partial charge in [0.2, 0.25) is 11.8 Å². The monoisotopic (exact) mass is 585 g/mol. The molecule has 2 aromatic carbocycles. The molecule has 0 heterocycles. The van der Waals surface area contributed by atoms with Gasteiger partial charge in [-0.25, -0.2) is 4.79 Å². The Hall–Kier alpha value is -3.20. The van der Waals surface area contributed by atoms with Crippen LogP contribution in [0.5, 0.6) is 5.75 Å². The van der Waals surface area contributed by atoms with Crippen LogP contribution in [0, 0.1) is 6.92 Å². The topological polar surface area (TPSA) is 108 Å². The molecule has 0 aliphatic carbocycles. The molecule has 0 spiro atoms. The summed E-state index contributed by atoms with van der Waals surface area (Å²) in [5.74, 6) is -0.941. The molecule has 0 radical (unpaired) electrons. The quantitative estimate of drug-likeness (QED) is 0.150. The van der Waals surface area contributed by atoms with Crippen LogP contribution in [0.3, 0.4) is 0 Å². The largest absolute Gasteiger partial charge is 0.507 e. The molecule has 2 aromatic rings. The molecule has 2 unspecified atom stereocenters. The summed E-state index contributed by atoms with van der Waals surface area (Å²) >= 11 is 4.35. The van der Waals surface area contributed by atoms with Gasteiger partial charge in [0.1, 0.15) is 23.4 Å². The first-order chi connectivity index (χ1) is 19.5. The Balaban J connectivity index is 2.44. The van der Waals surface area contributed by atoms with Crippen molar-refractivity contribution >= 4 is 30.5 Å². The number of alkyl carbamates (subject to hydrolysis) is 1. The molecular formula is C32H47N3O5S. The Morgan fingerprint density at radius 2 is 1.63 bits per heavy atom. The molecule has 0 aliphatic heterocycles. The van der Waals surface area contributed by atoms with Gasteiger partial charge < -0.3 is 25.4 Å². The number of hydrogen-bond donors (Lipinski definition) is 4. The van der Waals surface area contributed by atoms with Gasteiger partial charge in [-0.2, -0.15) is 12.6 Å². The fourth-order valence-electron chi connectivity index (χ4n) is 4.50. The molecule has 0 fully saturated rings. The Kier molecular flexibility index (Phi) is 14.0. The summed E-state index contributed by atoms with van der Waals surface area (Å²) in [7, 11) is 0. The molecule has 2 rings (SSSR count). The molecular weight excluding hydrogens is 538 g/mol. The van der Waals surface area contributed by atoms with Crippen molar-refractivity contribution in [2.24, 2.45) is 0 Å². The number of benzene rings is 2. The number of aryl methyl sites for hydroxylation is 1. The molecule has 0 saturated heterocycles. The molecule has 8 nitrogen and oxygen atoms in total. The summed E-state index contributed by atoms with van der Waals surface area (Å²) in [6, 6.07) is 12.5. The number of phenols is 1. The number of unbranched alkanes of at least 4 members (excludes halogenated alkanes) is 5. The molecule has 3 amide bonds. The van der Waals surface area contributed by atoms with Gasteiger partial charge in [0, 0.05) is 24.4 Å². The average molecular weight is 586 g/mol. The maximum atomic E-state index is 14.1. The minimum Gasteiger partial charge on any atom is -0.507 e. The number of nitrogens with zero attached hydrogens (tertiary/aromatic N) is 1. The summed E-state index contributed by atoms with van der Waals surface area (Å²) < 4.78 is 5.38. The number of carbonyl (C=O) groups excluding carboxylic acids is 3. The van der Waals surface area contributed by atoms with Crippen molar-refractivity contribution in [2.75, 3.05) is 12.3 Å². The van der Waals surface area contributed by atoms with Crippen LogP contribution in [0.25, 0.3) is 0 Å². The third-order valence-corrected chi connectivity index (χ3v) is 7.01. The van der Waals surface area contributed by atoms with Crippen molar-refractivity contribution in [2.45, 2.75) is 97.4 Å². The number of para-hydroxylation sites is 1. The number of amides is 3. The second-order valence-corrected chi connectivity index (χ2v) is 11.7. The molecule has 3 N–H and O–H groups in total. The van der Waals surface area contributed by atoms with Crippen LogP contribution in [0.1, 0.15) is 89.0 Å². The summed E-state index contributed by atoms with van der Waals surface area (Å²) in [4.78, 5) is 42.0. The fraction of sp³-hybridized carbons (Fsp3) is 0.531. The second kappa shape index (κ2) is 16.9. The van der Waals surface area contributed by atoms with Gasteiger partial charge in [-0.15, -0.1) is 0 Å². The predicted molar refractivity (Wildman–Crippen MR) is 166 cm³/mol. The highest BCUT2D eigenvalue weighted by atomic mass is 32.1. The van der Waals surface area contributed by atoms with Crippen molar-refractivity contribution in [3.8, 4) is 5.75 Å². The van der Waals surface area contributed by atoms with Gasteiger partial charge in [0.05, 0.1) is 0 Å². The molecule has 0 saturated carbocycles. The number of phenolic OH excluding ortho intramolecular Hbond substituents is 1. The first-order valence-corrected chi connectivity index (χ1v) is 15.1. The summed E-state index contributed by atoms with van der Waals surface area (Å²) in [6.07, 6.45) is 5.19. The minimum atomic E-state index is -1.12. The maximum Gasteiger partial charge on any atom is 0.408 e. The van der Waals surface area contributed by atoms with E-state index >= 15 is 0 Å². The maximum absolute atomic E-state index is 14.1. The highest BCUT2D eigenvalue weighted by Gasteiger charge is 2.37. The highest BCUT2D eigenvalue weighted by molar-refractivity contribution is 7.80. The molecule has 41 heavy (non-hydrogen) atoms. The lowest BCUT2D eigenvalue weighted by molar-refractivity contribution is -0.142. The van der Waals surface area contributed by atoms with Crippen molar-refractivity contribution in [3.05, 3.63) is 65.2 Å². The van der Waals surface area contributed by atoms with Crippen LogP contribution in [-0.2, 0) is 20.9 Å². The summed E-state index contributed by atoms with van der Waals surface area (Å²) in [5.41, 5.74) is 1.07. The Labute approximate surface area is 250 Å². The molecule has 226 valence electrons. The zero-order chi connectivity index (χ0) is 30.4. The minimum absolute atomic E-state index is 0.00320. The van der Waals surface area contributed by atoms with Crippen LogP contribution < -0.4 is 10.6 Å². The molecule has 2 atom stereocenters. The predicted octanol–water partition coefficient (Wildman–Crippen LogP) is 6.07. The van der Waals surface area contributed by atoms with Crippen LogP contribution in [-0.4, -0.2) is 51.9 Å². The first-order valence-electron chi connectivity index (χ1n) is 14.5. The lowest BCUT2D eigenvalue weighted by Gasteiger charge is -2.34. The Morgan fingerprint density at radius 1 is 0.976 bits per heavy atom. The van der Waals surface area contributed by atoms with Crippen LogP contribution in [0.4, 0.5) is 4.79 Å². The SMILES string of the molecule is CCCCCCCCN(C(=O)C(CS)NC(=O)OC(C)(C)C)C(C(=O)NCc1ccccc1)c1cccc(C)c1O. The molecule has 9 heteroatoms. The molecule has 0 aromatic heterocycles. The lowest BCUT2D eigenvalue weighted by Crippen LogP contribution is -2.54. The van der Waals surface area contributed by atoms with Crippen LogP contribution in [0.2, 0.25) is 0 Å². The van der Waals surface area contributed by atoms with Gasteiger partial charge in [-0.1, -0.05) is 87.6 Å². The zero-order valence-electron chi connectivity index (χ0n) is 25.1. The van der Waals surface area contributed by atoms with Crippen molar-refractivity contribution in [3.63, 3.8) is 0 Å². The normalized spacial score (nSPS) is 12.7. The van der Waals surface area contributed by atoms with E-state index in [2.05, 4.69) is 30.2 Å². The van der Waals surface area contributed by atoms with E-state index in [1.807, 2.05) is 30.3 Å². The van der Waals surface area contributed by atoms with E-state index in [9.17, 15) is 19.5 Å². The van der Waals surface area contributed by atoms with Crippen molar-refractivity contribution < 1.29 is 24.2 Å².